The quantitative estimate of drug-likeness (QED) is 0.511. The van der Waals surface area contributed by atoms with Gasteiger partial charge in [0.2, 0.25) is 16.6 Å². The maximum Gasteiger partial charge on any atom is 0.342 e. The number of hydrogen-bond donors (Lipinski definition) is 0. The Morgan fingerprint density at radius 2 is 1.96 bits per heavy atom. The summed E-state index contributed by atoms with van der Waals surface area (Å²) >= 11 is 0.888. The Morgan fingerprint density at radius 1 is 1.22 bits per heavy atom. The largest absolute Gasteiger partial charge is 0.481 e. The van der Waals surface area contributed by atoms with Gasteiger partial charge in [-0.25, -0.2) is 4.79 Å². The number of carbonyl (C=O) groups is 1. The molecule has 0 unspecified atom stereocenters. The van der Waals surface area contributed by atoms with Gasteiger partial charge < -0.3 is 14.2 Å². The van der Waals surface area contributed by atoms with Gasteiger partial charge in [-0.2, -0.15) is 27.3 Å². The van der Waals surface area contributed by atoms with Gasteiger partial charge in [0.15, 0.2) is 5.03 Å². The van der Waals surface area contributed by atoms with E-state index in [1.807, 2.05) is 0 Å². The zero-order valence-electron chi connectivity index (χ0n) is 14.6. The molecule has 3 heterocycles. The third kappa shape index (κ3) is 3.35. The summed E-state index contributed by atoms with van der Waals surface area (Å²) in [6, 6.07) is 1.51. The average Bonchev–Trinajstić information content (AvgIpc) is 3.22. The van der Waals surface area contributed by atoms with Crippen LogP contribution in [0.25, 0.3) is 5.78 Å². The number of nitrogens with zero attached hydrogens (tertiary/aromatic N) is 6. The molecule has 12 nitrogen and oxygen atoms in total. The third-order valence-corrected chi connectivity index (χ3v) is 5.73. The van der Waals surface area contributed by atoms with E-state index < -0.39 is 21.0 Å². The number of sulfonamides is 1. The van der Waals surface area contributed by atoms with Crippen molar-refractivity contribution in [2.24, 2.45) is 11.4 Å². The number of aryl methyl sites for hydroxylation is 1. The SMILES string of the molecule is COC(=O)c1cnn(C)c1S(=O)(=O)/N=c1\nc2nc(OC)cc(OC)n2s1. The number of ether oxygens (including phenoxy) is 3. The molecule has 0 amide bonds. The van der Waals surface area contributed by atoms with Crippen molar-refractivity contribution in [3.05, 3.63) is 22.6 Å². The lowest BCUT2D eigenvalue weighted by molar-refractivity contribution is 0.0596. The standard InChI is InChI=1S/C13H14N6O6S2/c1-18-10(7(6-14-18)11(20)25-4)27(21,22)17-13-16-12-15-8(23-2)5-9(24-3)19(12)26-13/h5-6H,1-4H3/b17-13+. The highest BCUT2D eigenvalue weighted by atomic mass is 32.2. The summed E-state index contributed by atoms with van der Waals surface area (Å²) in [5, 5.41) is 3.39. The minimum Gasteiger partial charge on any atom is -0.481 e. The Kier molecular flexibility index (Phi) is 4.84. The summed E-state index contributed by atoms with van der Waals surface area (Å²) in [7, 11) is 1.06. The Bertz CT molecular complexity index is 1190. The molecule has 0 aliphatic heterocycles. The van der Waals surface area contributed by atoms with E-state index in [1.54, 1.807) is 0 Å². The van der Waals surface area contributed by atoms with Gasteiger partial charge in [0, 0.05) is 7.05 Å². The lowest BCUT2D eigenvalue weighted by atomic mass is 10.4. The average molecular weight is 414 g/mol. The number of carbonyl (C=O) groups excluding carboxylic acids is 1. The van der Waals surface area contributed by atoms with Crippen molar-refractivity contribution in [3.8, 4) is 11.8 Å². The molecule has 0 aromatic carbocycles. The van der Waals surface area contributed by atoms with Gasteiger partial charge in [-0.05, 0) is 11.5 Å². The van der Waals surface area contributed by atoms with E-state index in [9.17, 15) is 13.2 Å². The molecule has 0 aliphatic rings. The Morgan fingerprint density at radius 3 is 2.59 bits per heavy atom. The van der Waals surface area contributed by atoms with E-state index >= 15 is 0 Å². The summed E-state index contributed by atoms with van der Waals surface area (Å²) < 4.78 is 46.5. The topological polar surface area (TPSA) is 139 Å². The highest BCUT2D eigenvalue weighted by Crippen LogP contribution is 2.21. The number of esters is 1. The van der Waals surface area contributed by atoms with Crippen LogP contribution < -0.4 is 14.3 Å². The molecule has 14 heteroatoms. The first-order chi connectivity index (χ1) is 12.8. The molecule has 3 aromatic heterocycles. The first-order valence-electron chi connectivity index (χ1n) is 7.21. The van der Waals surface area contributed by atoms with E-state index in [1.165, 1.54) is 31.1 Å². The lowest BCUT2D eigenvalue weighted by Crippen LogP contribution is -2.14. The summed E-state index contributed by atoms with van der Waals surface area (Å²) in [5.41, 5.74) is -0.227. The Hall–Kier alpha value is -3.00. The van der Waals surface area contributed by atoms with Crippen LogP contribution >= 0.6 is 11.5 Å². The van der Waals surface area contributed by atoms with Crippen molar-refractivity contribution < 1.29 is 27.4 Å². The smallest absolute Gasteiger partial charge is 0.342 e. The summed E-state index contributed by atoms with van der Waals surface area (Å²) in [5.74, 6) is -0.123. The van der Waals surface area contributed by atoms with Crippen molar-refractivity contribution in [1.29, 1.82) is 0 Å². The zero-order valence-corrected chi connectivity index (χ0v) is 16.2. The minimum atomic E-state index is -4.31. The van der Waals surface area contributed by atoms with E-state index in [4.69, 9.17) is 9.47 Å². The number of rotatable bonds is 5. The summed E-state index contributed by atoms with van der Waals surface area (Å²) in [6.07, 6.45) is 1.09. The zero-order chi connectivity index (χ0) is 19.8. The fourth-order valence-electron chi connectivity index (χ4n) is 2.19. The van der Waals surface area contributed by atoms with Crippen LogP contribution in [0.3, 0.4) is 0 Å². The molecule has 3 rings (SSSR count). The molecule has 0 bridgehead atoms. The highest BCUT2D eigenvalue weighted by molar-refractivity contribution is 7.90. The van der Waals surface area contributed by atoms with Crippen molar-refractivity contribution in [2.75, 3.05) is 21.3 Å². The van der Waals surface area contributed by atoms with Crippen LogP contribution in [0.2, 0.25) is 0 Å². The van der Waals surface area contributed by atoms with Crippen LogP contribution in [0, 0.1) is 0 Å². The molecule has 27 heavy (non-hydrogen) atoms. The molecule has 0 spiro atoms. The fourth-order valence-corrected chi connectivity index (χ4v) is 4.42. The molecular formula is C13H14N6O6S2. The second-order valence-electron chi connectivity index (χ2n) is 4.97. The first kappa shape index (κ1) is 18.8. The molecule has 0 radical (unpaired) electrons. The first-order valence-corrected chi connectivity index (χ1v) is 9.42. The third-order valence-electron chi connectivity index (χ3n) is 3.36. The van der Waals surface area contributed by atoms with Gasteiger partial charge in [-0.3, -0.25) is 4.68 Å². The van der Waals surface area contributed by atoms with Gasteiger partial charge in [-0.1, -0.05) is 0 Å². The highest BCUT2D eigenvalue weighted by Gasteiger charge is 2.28. The van der Waals surface area contributed by atoms with E-state index in [0.29, 0.717) is 5.88 Å². The monoisotopic (exact) mass is 414 g/mol. The van der Waals surface area contributed by atoms with Crippen LogP contribution in [-0.4, -0.2) is 59.3 Å². The number of hydrogen-bond acceptors (Lipinski definition) is 10. The van der Waals surface area contributed by atoms with Crippen molar-refractivity contribution in [3.63, 3.8) is 0 Å². The van der Waals surface area contributed by atoms with E-state index in [0.717, 1.165) is 29.5 Å². The molecule has 0 aliphatic carbocycles. The molecule has 0 atom stereocenters. The van der Waals surface area contributed by atoms with Crippen molar-refractivity contribution in [2.45, 2.75) is 5.03 Å². The Balaban J connectivity index is 2.19. The van der Waals surface area contributed by atoms with Crippen LogP contribution in [-0.2, 0) is 21.8 Å². The van der Waals surface area contributed by atoms with Crippen LogP contribution in [0.1, 0.15) is 10.4 Å². The summed E-state index contributed by atoms with van der Waals surface area (Å²) in [4.78, 5) is 19.9. The van der Waals surface area contributed by atoms with E-state index in [-0.39, 0.29) is 22.0 Å². The maximum absolute atomic E-state index is 12.7. The fraction of sp³-hybridized carbons (Fsp3) is 0.308. The predicted octanol–water partition coefficient (Wildman–Crippen LogP) is -0.382. The molecular weight excluding hydrogens is 400 g/mol. The molecule has 0 N–H and O–H groups in total. The van der Waals surface area contributed by atoms with Crippen molar-refractivity contribution in [1.82, 2.24) is 23.5 Å². The minimum absolute atomic E-state index is 0.119. The molecule has 144 valence electrons. The number of fused-ring (bicyclic) bond motifs is 1. The molecule has 0 saturated heterocycles. The van der Waals surface area contributed by atoms with Gasteiger partial charge in [0.1, 0.15) is 5.56 Å². The normalized spacial score (nSPS) is 12.4. The predicted molar refractivity (Wildman–Crippen MR) is 91.3 cm³/mol. The van der Waals surface area contributed by atoms with Gasteiger partial charge >= 0.3 is 16.0 Å². The van der Waals surface area contributed by atoms with Gasteiger partial charge in [0.25, 0.3) is 5.78 Å². The van der Waals surface area contributed by atoms with Crippen LogP contribution in [0.15, 0.2) is 21.7 Å². The second-order valence-corrected chi connectivity index (χ2v) is 7.40. The molecule has 3 aromatic rings. The van der Waals surface area contributed by atoms with Crippen LogP contribution in [0.4, 0.5) is 0 Å². The number of aromatic nitrogens is 5. The number of methoxy groups -OCH3 is 3. The molecule has 0 fully saturated rings. The maximum atomic E-state index is 12.7. The van der Waals surface area contributed by atoms with E-state index in [2.05, 4.69) is 24.2 Å². The van der Waals surface area contributed by atoms with Crippen LogP contribution in [0.5, 0.6) is 11.8 Å². The van der Waals surface area contributed by atoms with Gasteiger partial charge in [0.05, 0.1) is 33.6 Å². The summed E-state index contributed by atoms with van der Waals surface area (Å²) in [6.45, 7) is 0. The lowest BCUT2D eigenvalue weighted by Gasteiger charge is -2.03. The Labute approximate surface area is 156 Å². The second kappa shape index (κ2) is 6.96. The van der Waals surface area contributed by atoms with Crippen molar-refractivity contribution >= 4 is 33.3 Å². The van der Waals surface area contributed by atoms with Gasteiger partial charge in [-0.15, -0.1) is 4.40 Å². The molecule has 0 saturated carbocycles.